The fraction of sp³-hybridized carbons (Fsp3) is 0.222. The average molecular weight is 248 g/mol. The molecule has 0 aliphatic heterocycles. The first-order chi connectivity index (χ1) is 7.84. The largest absolute Gasteiger partial charge is 0.471 e. The van der Waals surface area contributed by atoms with Gasteiger partial charge >= 0.3 is 18.1 Å². The van der Waals surface area contributed by atoms with Gasteiger partial charge < -0.3 is 10.1 Å². The number of rotatable bonds is 2. The van der Waals surface area contributed by atoms with Gasteiger partial charge in [0.15, 0.2) is 0 Å². The summed E-state index contributed by atoms with van der Waals surface area (Å²) in [6.07, 6.45) is -2.91. The molecule has 5 nitrogen and oxygen atoms in total. The lowest BCUT2D eigenvalue weighted by atomic mass is 10.2. The summed E-state index contributed by atoms with van der Waals surface area (Å²) in [5.74, 6) is -2.90. The summed E-state index contributed by atoms with van der Waals surface area (Å²) in [6.45, 7) is 0. The number of hydrogen-bond donors (Lipinski definition) is 1. The lowest BCUT2D eigenvalue weighted by Crippen LogP contribution is -2.30. The van der Waals surface area contributed by atoms with Gasteiger partial charge in [-0.25, -0.2) is 4.79 Å². The highest BCUT2D eigenvalue weighted by molar-refractivity contribution is 5.96. The quantitative estimate of drug-likeness (QED) is 0.802. The van der Waals surface area contributed by atoms with Crippen molar-refractivity contribution < 1.29 is 27.5 Å². The third-order valence-electron chi connectivity index (χ3n) is 1.67. The molecule has 1 aromatic heterocycles. The summed E-state index contributed by atoms with van der Waals surface area (Å²) in [7, 11) is 1.11. The third-order valence-corrected chi connectivity index (χ3v) is 1.67. The smallest absolute Gasteiger partial charge is 0.465 e. The molecule has 0 aromatic carbocycles. The van der Waals surface area contributed by atoms with E-state index in [9.17, 15) is 22.8 Å². The molecule has 8 heteroatoms. The molecule has 1 amide bonds. The van der Waals surface area contributed by atoms with Gasteiger partial charge in [-0.1, -0.05) is 0 Å². The number of carbonyl (C=O) groups excluding carboxylic acids is 2. The first-order valence-electron chi connectivity index (χ1n) is 4.26. The van der Waals surface area contributed by atoms with E-state index in [4.69, 9.17) is 0 Å². The molecule has 17 heavy (non-hydrogen) atoms. The third kappa shape index (κ3) is 3.44. The van der Waals surface area contributed by atoms with Crippen molar-refractivity contribution in [3.05, 3.63) is 24.0 Å². The number of halogens is 3. The van der Waals surface area contributed by atoms with Gasteiger partial charge in [0.05, 0.1) is 24.6 Å². The average Bonchev–Trinajstić information content (AvgIpc) is 2.27. The molecule has 0 atom stereocenters. The van der Waals surface area contributed by atoms with Crippen molar-refractivity contribution in [1.82, 2.24) is 4.98 Å². The number of ether oxygens (including phenoxy) is 1. The predicted molar refractivity (Wildman–Crippen MR) is 50.3 cm³/mol. The van der Waals surface area contributed by atoms with Crippen molar-refractivity contribution in [2.24, 2.45) is 0 Å². The number of anilines is 1. The summed E-state index contributed by atoms with van der Waals surface area (Å²) in [5.41, 5.74) is -0.303. The molecule has 0 aliphatic carbocycles. The van der Waals surface area contributed by atoms with Crippen LogP contribution >= 0.6 is 0 Å². The van der Waals surface area contributed by atoms with Gasteiger partial charge in [-0.2, -0.15) is 13.2 Å². The van der Waals surface area contributed by atoms with Gasteiger partial charge in [0, 0.05) is 6.20 Å². The first kappa shape index (κ1) is 12.9. The van der Waals surface area contributed by atoms with Crippen LogP contribution in [0.5, 0.6) is 0 Å². The number of pyridine rings is 1. The molecule has 0 spiro atoms. The van der Waals surface area contributed by atoms with Crippen molar-refractivity contribution in [1.29, 1.82) is 0 Å². The first-order valence-corrected chi connectivity index (χ1v) is 4.26. The molecular weight excluding hydrogens is 241 g/mol. The van der Waals surface area contributed by atoms with Crippen molar-refractivity contribution >= 4 is 17.6 Å². The summed E-state index contributed by atoms with van der Waals surface area (Å²) >= 11 is 0. The number of esters is 1. The van der Waals surface area contributed by atoms with Crippen LogP contribution in [0.4, 0.5) is 18.9 Å². The molecule has 0 unspecified atom stereocenters. The van der Waals surface area contributed by atoms with E-state index >= 15 is 0 Å². The SMILES string of the molecule is COC(=O)c1cncc(NC(=O)C(F)(F)F)c1. The van der Waals surface area contributed by atoms with E-state index in [1.54, 1.807) is 5.32 Å². The Bertz CT molecular complexity index is 445. The Balaban J connectivity index is 2.87. The van der Waals surface area contributed by atoms with E-state index in [0.29, 0.717) is 0 Å². The molecule has 1 rings (SSSR count). The van der Waals surface area contributed by atoms with Crippen LogP contribution < -0.4 is 5.32 Å². The maximum atomic E-state index is 11.9. The second kappa shape index (κ2) is 4.81. The maximum Gasteiger partial charge on any atom is 0.471 e. The summed E-state index contributed by atoms with van der Waals surface area (Å²) in [4.78, 5) is 25.2. The second-order valence-corrected chi connectivity index (χ2v) is 2.91. The Labute approximate surface area is 93.6 Å². The standard InChI is InChI=1S/C9H7F3N2O3/c1-17-7(15)5-2-6(4-13-3-5)14-8(16)9(10,11)12/h2-4H,1H3,(H,14,16). The van der Waals surface area contributed by atoms with E-state index in [0.717, 1.165) is 25.6 Å². The van der Waals surface area contributed by atoms with Gasteiger partial charge in [0.1, 0.15) is 0 Å². The fourth-order valence-corrected chi connectivity index (χ4v) is 0.940. The summed E-state index contributed by atoms with van der Waals surface area (Å²) in [5, 5.41) is 1.57. The molecule has 0 radical (unpaired) electrons. The molecule has 0 aliphatic rings. The number of methoxy groups -OCH3 is 1. The number of amides is 1. The lowest BCUT2D eigenvalue weighted by Gasteiger charge is -2.08. The van der Waals surface area contributed by atoms with E-state index in [1.807, 2.05) is 0 Å². The van der Waals surface area contributed by atoms with E-state index in [-0.39, 0.29) is 11.3 Å². The normalized spacial score (nSPS) is 10.8. The Hall–Kier alpha value is -2.12. The van der Waals surface area contributed by atoms with Gasteiger partial charge in [-0.3, -0.25) is 9.78 Å². The number of nitrogens with zero attached hydrogens (tertiary/aromatic N) is 1. The van der Waals surface area contributed by atoms with Crippen LogP contribution in [-0.2, 0) is 9.53 Å². The Kier molecular flexibility index (Phi) is 3.66. The van der Waals surface area contributed by atoms with E-state index in [1.165, 1.54) is 0 Å². The van der Waals surface area contributed by atoms with Crippen molar-refractivity contribution in [3.8, 4) is 0 Å². The van der Waals surface area contributed by atoms with Gasteiger partial charge in [0.2, 0.25) is 0 Å². The zero-order valence-electron chi connectivity index (χ0n) is 8.54. The highest BCUT2D eigenvalue weighted by atomic mass is 19.4. The number of alkyl halides is 3. The van der Waals surface area contributed by atoms with Gasteiger partial charge in [-0.05, 0) is 6.07 Å². The number of carbonyl (C=O) groups is 2. The minimum Gasteiger partial charge on any atom is -0.465 e. The molecule has 92 valence electrons. The maximum absolute atomic E-state index is 11.9. The predicted octanol–water partition coefficient (Wildman–Crippen LogP) is 1.37. The Morgan fingerprint density at radius 2 is 2.00 bits per heavy atom. The lowest BCUT2D eigenvalue weighted by molar-refractivity contribution is -0.167. The van der Waals surface area contributed by atoms with Crippen LogP contribution in [0.1, 0.15) is 10.4 Å². The summed E-state index contributed by atoms with van der Waals surface area (Å²) in [6, 6.07) is 1.03. The molecule has 1 N–H and O–H groups in total. The Morgan fingerprint density at radius 1 is 1.35 bits per heavy atom. The number of hydrogen-bond acceptors (Lipinski definition) is 4. The topological polar surface area (TPSA) is 68.3 Å². The minimum atomic E-state index is -5.00. The van der Waals surface area contributed by atoms with Crippen molar-refractivity contribution in [2.75, 3.05) is 12.4 Å². The van der Waals surface area contributed by atoms with Crippen LogP contribution in [0.3, 0.4) is 0 Å². The van der Waals surface area contributed by atoms with Crippen LogP contribution in [0, 0.1) is 0 Å². The fourth-order valence-electron chi connectivity index (χ4n) is 0.940. The highest BCUT2D eigenvalue weighted by Gasteiger charge is 2.38. The molecule has 0 fully saturated rings. The highest BCUT2D eigenvalue weighted by Crippen LogP contribution is 2.18. The van der Waals surface area contributed by atoms with Crippen LogP contribution in [0.2, 0.25) is 0 Å². The summed E-state index contributed by atoms with van der Waals surface area (Å²) < 4.78 is 40.2. The van der Waals surface area contributed by atoms with Crippen LogP contribution in [-0.4, -0.2) is 30.1 Å². The Morgan fingerprint density at radius 3 is 2.53 bits per heavy atom. The van der Waals surface area contributed by atoms with Crippen molar-refractivity contribution in [2.45, 2.75) is 6.18 Å². The molecule has 0 saturated carbocycles. The molecule has 0 saturated heterocycles. The minimum absolute atomic E-state index is 0.0625. The number of nitrogens with one attached hydrogen (secondary N) is 1. The molecule has 1 heterocycles. The number of aromatic nitrogens is 1. The van der Waals surface area contributed by atoms with Crippen LogP contribution in [0.15, 0.2) is 18.5 Å². The molecule has 1 aromatic rings. The molecule has 0 bridgehead atoms. The van der Waals surface area contributed by atoms with Gasteiger partial charge in [-0.15, -0.1) is 0 Å². The van der Waals surface area contributed by atoms with Crippen molar-refractivity contribution in [3.63, 3.8) is 0 Å². The second-order valence-electron chi connectivity index (χ2n) is 2.91. The zero-order chi connectivity index (χ0) is 13.1. The monoisotopic (exact) mass is 248 g/mol. The molecular formula is C9H7F3N2O3. The van der Waals surface area contributed by atoms with E-state index < -0.39 is 18.1 Å². The zero-order valence-corrected chi connectivity index (χ0v) is 8.54. The van der Waals surface area contributed by atoms with Gasteiger partial charge in [0.25, 0.3) is 0 Å². The van der Waals surface area contributed by atoms with Crippen LogP contribution in [0.25, 0.3) is 0 Å². The van der Waals surface area contributed by atoms with E-state index in [2.05, 4.69) is 9.72 Å².